The summed E-state index contributed by atoms with van der Waals surface area (Å²) in [6.45, 7) is 1.89. The Bertz CT molecular complexity index is 566. The molecule has 2 rings (SSSR count). The van der Waals surface area contributed by atoms with Crippen LogP contribution in [0, 0.1) is 11.3 Å². The third-order valence-corrected chi connectivity index (χ3v) is 4.88. The lowest BCUT2D eigenvalue weighted by Crippen LogP contribution is -2.33. The smallest absolute Gasteiger partial charge is 0.466 e. The quantitative estimate of drug-likeness (QED) is 0.450. The van der Waals surface area contributed by atoms with Crippen LogP contribution in [0.4, 0.5) is 13.2 Å². The summed E-state index contributed by atoms with van der Waals surface area (Å²) in [7, 11) is -5.66. The molecule has 2 aliphatic carbocycles. The van der Waals surface area contributed by atoms with E-state index in [9.17, 15) is 26.4 Å². The molecule has 120 valence electrons. The predicted molar refractivity (Wildman–Crippen MR) is 65.2 cm³/mol. The zero-order valence-electron chi connectivity index (χ0n) is 11.3. The molecule has 1 saturated carbocycles. The summed E-state index contributed by atoms with van der Waals surface area (Å²) in [5.41, 5.74) is -6.21. The van der Waals surface area contributed by atoms with Crippen LogP contribution in [0.1, 0.15) is 32.6 Å². The van der Waals surface area contributed by atoms with Crippen LogP contribution in [-0.4, -0.2) is 26.5 Å². The van der Waals surface area contributed by atoms with Crippen LogP contribution in [-0.2, 0) is 23.8 Å². The second kappa shape index (κ2) is 5.19. The zero-order valence-corrected chi connectivity index (χ0v) is 12.1. The van der Waals surface area contributed by atoms with E-state index in [1.54, 1.807) is 6.92 Å². The van der Waals surface area contributed by atoms with Crippen LogP contribution < -0.4 is 0 Å². The Morgan fingerprint density at radius 2 is 2.14 bits per heavy atom. The highest BCUT2D eigenvalue weighted by Crippen LogP contribution is 2.52. The molecule has 0 saturated heterocycles. The first-order valence-electron chi connectivity index (χ1n) is 6.49. The van der Waals surface area contributed by atoms with Gasteiger partial charge in [0.1, 0.15) is 5.76 Å². The highest BCUT2D eigenvalue weighted by atomic mass is 32.2. The van der Waals surface area contributed by atoms with E-state index in [-0.39, 0.29) is 31.2 Å². The van der Waals surface area contributed by atoms with E-state index < -0.39 is 27.0 Å². The van der Waals surface area contributed by atoms with Gasteiger partial charge in [-0.2, -0.15) is 21.6 Å². The molecule has 21 heavy (non-hydrogen) atoms. The largest absolute Gasteiger partial charge is 0.534 e. The molecule has 5 nitrogen and oxygen atoms in total. The molecular formula is C12H15F3O5S. The lowest BCUT2D eigenvalue weighted by molar-refractivity contribution is -0.155. The first kappa shape index (κ1) is 16.1. The number of carbonyl (C=O) groups excluding carboxylic acids is 1. The van der Waals surface area contributed by atoms with E-state index in [0.717, 1.165) is 0 Å². The number of rotatable bonds is 4. The van der Waals surface area contributed by atoms with Crippen molar-refractivity contribution in [2.24, 2.45) is 11.3 Å². The molecule has 1 fully saturated rings. The van der Waals surface area contributed by atoms with Crippen LogP contribution in [0.5, 0.6) is 0 Å². The van der Waals surface area contributed by atoms with Crippen molar-refractivity contribution in [3.05, 3.63) is 11.8 Å². The number of hydrogen-bond donors (Lipinski definition) is 0. The molecule has 9 heteroatoms. The number of fused-ring (bicyclic) bond motifs is 2. The highest BCUT2D eigenvalue weighted by molar-refractivity contribution is 7.87. The molecule has 0 aromatic rings. The molecule has 2 bridgehead atoms. The monoisotopic (exact) mass is 328 g/mol. The summed E-state index contributed by atoms with van der Waals surface area (Å²) >= 11 is 0. The summed E-state index contributed by atoms with van der Waals surface area (Å²) in [6, 6.07) is 0. The van der Waals surface area contributed by atoms with E-state index in [1.807, 2.05) is 0 Å². The second-order valence-corrected chi connectivity index (χ2v) is 6.77. The molecule has 0 spiro atoms. The number of alkyl halides is 3. The molecule has 2 aliphatic rings. The summed E-state index contributed by atoms with van der Waals surface area (Å²) in [5, 5.41) is 0. The molecule has 0 N–H and O–H groups in total. The molecule has 0 aromatic carbocycles. The normalized spacial score (nSPS) is 29.0. The van der Waals surface area contributed by atoms with Gasteiger partial charge in [-0.05, 0) is 38.7 Å². The van der Waals surface area contributed by atoms with Gasteiger partial charge < -0.3 is 8.92 Å². The molecule has 2 unspecified atom stereocenters. The van der Waals surface area contributed by atoms with Crippen molar-refractivity contribution in [1.82, 2.24) is 0 Å². The van der Waals surface area contributed by atoms with Gasteiger partial charge >= 0.3 is 21.6 Å². The van der Waals surface area contributed by atoms with E-state index >= 15 is 0 Å². The van der Waals surface area contributed by atoms with Crippen LogP contribution in [0.15, 0.2) is 11.8 Å². The van der Waals surface area contributed by atoms with Gasteiger partial charge in [0.05, 0.1) is 12.0 Å². The third kappa shape index (κ3) is 2.88. The molecule has 0 aliphatic heterocycles. The lowest BCUT2D eigenvalue weighted by Gasteiger charge is -2.29. The van der Waals surface area contributed by atoms with Crippen LogP contribution in [0.3, 0.4) is 0 Å². The first-order valence-corrected chi connectivity index (χ1v) is 7.90. The Hall–Kier alpha value is -1.25. The zero-order chi connectivity index (χ0) is 15.9. The maximum Gasteiger partial charge on any atom is 0.534 e. The summed E-state index contributed by atoms with van der Waals surface area (Å²) in [4.78, 5) is 11.9. The van der Waals surface area contributed by atoms with E-state index in [0.29, 0.717) is 12.8 Å². The summed E-state index contributed by atoms with van der Waals surface area (Å²) < 4.78 is 68.2. The average Bonchev–Trinajstić information content (AvgIpc) is 2.72. The standard InChI is InChI=1S/C12H15F3O5S/c1-2-19-10(16)11-5-3-8(7-11)9(4-6-11)20-21(17,18)12(13,14)15/h4,8H,2-3,5-7H2,1H3. The summed E-state index contributed by atoms with van der Waals surface area (Å²) in [6.07, 6.45) is 2.50. The molecule has 0 radical (unpaired) electrons. The van der Waals surface area contributed by atoms with Crippen LogP contribution in [0.2, 0.25) is 0 Å². The predicted octanol–water partition coefficient (Wildman–Crippen LogP) is 2.49. The summed E-state index contributed by atoms with van der Waals surface area (Å²) in [5.74, 6) is -1.11. The van der Waals surface area contributed by atoms with Crippen molar-refractivity contribution < 1.29 is 35.3 Å². The van der Waals surface area contributed by atoms with Crippen LogP contribution >= 0.6 is 0 Å². The molecule has 0 heterocycles. The maximum atomic E-state index is 12.3. The second-order valence-electron chi connectivity index (χ2n) is 5.23. The van der Waals surface area contributed by atoms with Crippen molar-refractivity contribution in [1.29, 1.82) is 0 Å². The minimum absolute atomic E-state index is 0.130. The van der Waals surface area contributed by atoms with Gasteiger partial charge in [0, 0.05) is 5.92 Å². The fraction of sp³-hybridized carbons (Fsp3) is 0.750. The topological polar surface area (TPSA) is 69.7 Å². The molecule has 0 aromatic heterocycles. The first-order chi connectivity index (χ1) is 9.61. The van der Waals surface area contributed by atoms with Crippen molar-refractivity contribution in [3.63, 3.8) is 0 Å². The molecular weight excluding hydrogens is 313 g/mol. The highest BCUT2D eigenvalue weighted by Gasteiger charge is 2.53. The molecule has 2 atom stereocenters. The maximum absolute atomic E-state index is 12.3. The van der Waals surface area contributed by atoms with E-state index in [1.165, 1.54) is 6.08 Å². The van der Waals surface area contributed by atoms with Crippen molar-refractivity contribution in [3.8, 4) is 0 Å². The number of allylic oxidation sites excluding steroid dienone is 2. The van der Waals surface area contributed by atoms with Crippen molar-refractivity contribution >= 4 is 16.1 Å². The van der Waals surface area contributed by atoms with Gasteiger partial charge in [0.15, 0.2) is 0 Å². The lowest BCUT2D eigenvalue weighted by atomic mass is 9.78. The minimum atomic E-state index is -5.66. The Labute approximate surface area is 120 Å². The number of hydrogen-bond acceptors (Lipinski definition) is 5. The fourth-order valence-electron chi connectivity index (χ4n) is 2.85. The number of ether oxygens (including phenoxy) is 1. The van der Waals surface area contributed by atoms with Gasteiger partial charge in [0.25, 0.3) is 0 Å². The van der Waals surface area contributed by atoms with Crippen LogP contribution in [0.25, 0.3) is 0 Å². The molecule has 0 amide bonds. The van der Waals surface area contributed by atoms with Gasteiger partial charge in [-0.25, -0.2) is 0 Å². The number of halogens is 3. The third-order valence-electron chi connectivity index (χ3n) is 3.90. The Morgan fingerprint density at radius 1 is 1.48 bits per heavy atom. The SMILES string of the molecule is CCOC(=O)C12CC=C(OS(=O)(=O)C(F)(F)F)C(CC1)C2. The van der Waals surface area contributed by atoms with Crippen molar-refractivity contribution in [2.75, 3.05) is 6.61 Å². The Kier molecular flexibility index (Phi) is 3.98. The van der Waals surface area contributed by atoms with Gasteiger partial charge in [-0.15, -0.1) is 0 Å². The van der Waals surface area contributed by atoms with Gasteiger partial charge in [-0.1, -0.05) is 0 Å². The Morgan fingerprint density at radius 3 is 2.71 bits per heavy atom. The van der Waals surface area contributed by atoms with Gasteiger partial charge in [0.2, 0.25) is 0 Å². The average molecular weight is 328 g/mol. The fourth-order valence-corrected chi connectivity index (χ4v) is 3.40. The van der Waals surface area contributed by atoms with E-state index in [4.69, 9.17) is 4.74 Å². The minimum Gasteiger partial charge on any atom is -0.466 e. The number of carbonyl (C=O) groups is 1. The number of esters is 1. The Balaban J connectivity index is 2.16. The van der Waals surface area contributed by atoms with Crippen molar-refractivity contribution in [2.45, 2.75) is 38.1 Å². The van der Waals surface area contributed by atoms with Gasteiger partial charge in [-0.3, -0.25) is 4.79 Å². The van der Waals surface area contributed by atoms with E-state index in [2.05, 4.69) is 4.18 Å².